The van der Waals surface area contributed by atoms with Gasteiger partial charge in [-0.05, 0) is 44.3 Å². The Hall–Kier alpha value is -1.88. The van der Waals surface area contributed by atoms with Crippen molar-refractivity contribution in [1.82, 2.24) is 4.90 Å². The lowest BCUT2D eigenvalue weighted by atomic mass is 10.1. The molecule has 0 heterocycles. The Bertz CT molecular complexity index is 501. The molecule has 0 aromatic heterocycles. The molecule has 1 rings (SSSR count). The lowest BCUT2D eigenvalue weighted by Gasteiger charge is -2.26. The van der Waals surface area contributed by atoms with Crippen LogP contribution < -0.4 is 4.90 Å². The second kappa shape index (κ2) is 8.42. The lowest BCUT2D eigenvalue weighted by Crippen LogP contribution is -2.32. The first-order valence-electron chi connectivity index (χ1n) is 7.04. The molecule has 0 atom stereocenters. The fourth-order valence-electron chi connectivity index (χ4n) is 1.99. The first kappa shape index (κ1) is 17.2. The van der Waals surface area contributed by atoms with Gasteiger partial charge in [-0.25, -0.2) is 9.18 Å². The SMILES string of the molecule is CCCN(CCN(C)C)c1ccc(C=CC(=O)O)cc1F. The maximum atomic E-state index is 14.2. The van der Waals surface area contributed by atoms with Gasteiger partial charge in [0.25, 0.3) is 0 Å². The van der Waals surface area contributed by atoms with Gasteiger partial charge >= 0.3 is 5.97 Å². The summed E-state index contributed by atoms with van der Waals surface area (Å²) >= 11 is 0. The van der Waals surface area contributed by atoms with E-state index in [9.17, 15) is 9.18 Å². The molecular formula is C16H23FN2O2. The van der Waals surface area contributed by atoms with E-state index in [0.717, 1.165) is 32.1 Å². The monoisotopic (exact) mass is 294 g/mol. The minimum Gasteiger partial charge on any atom is -0.478 e. The van der Waals surface area contributed by atoms with Crippen molar-refractivity contribution in [1.29, 1.82) is 0 Å². The zero-order valence-electron chi connectivity index (χ0n) is 12.8. The summed E-state index contributed by atoms with van der Waals surface area (Å²) in [5.41, 5.74) is 1.11. The molecule has 0 aliphatic heterocycles. The van der Waals surface area contributed by atoms with E-state index in [1.807, 2.05) is 19.0 Å². The molecule has 116 valence electrons. The van der Waals surface area contributed by atoms with E-state index in [4.69, 9.17) is 5.11 Å². The van der Waals surface area contributed by atoms with Gasteiger partial charge in [0.1, 0.15) is 5.82 Å². The van der Waals surface area contributed by atoms with Gasteiger partial charge in [0.2, 0.25) is 0 Å². The van der Waals surface area contributed by atoms with E-state index in [2.05, 4.69) is 11.8 Å². The van der Waals surface area contributed by atoms with Crippen molar-refractivity contribution in [3.63, 3.8) is 0 Å². The molecule has 0 amide bonds. The number of carboxylic acid groups (broad SMARTS) is 1. The minimum atomic E-state index is -1.04. The highest BCUT2D eigenvalue weighted by atomic mass is 19.1. The molecule has 1 aromatic carbocycles. The van der Waals surface area contributed by atoms with Gasteiger partial charge in [0, 0.05) is 25.7 Å². The normalized spacial score (nSPS) is 11.3. The lowest BCUT2D eigenvalue weighted by molar-refractivity contribution is -0.131. The molecule has 0 aliphatic rings. The Kier molecular flexibility index (Phi) is 6.88. The number of halogens is 1. The molecule has 0 radical (unpaired) electrons. The number of anilines is 1. The van der Waals surface area contributed by atoms with Crippen LogP contribution in [0.25, 0.3) is 6.08 Å². The molecule has 1 aromatic rings. The number of nitrogens with zero attached hydrogens (tertiary/aromatic N) is 2. The molecule has 21 heavy (non-hydrogen) atoms. The summed E-state index contributed by atoms with van der Waals surface area (Å²) < 4.78 is 14.2. The fraction of sp³-hybridized carbons (Fsp3) is 0.438. The Morgan fingerprint density at radius 3 is 2.52 bits per heavy atom. The van der Waals surface area contributed by atoms with Crippen molar-refractivity contribution in [2.75, 3.05) is 38.6 Å². The average Bonchev–Trinajstić information content (AvgIpc) is 2.41. The van der Waals surface area contributed by atoms with E-state index < -0.39 is 5.97 Å². The van der Waals surface area contributed by atoms with Crippen molar-refractivity contribution >= 4 is 17.7 Å². The number of benzene rings is 1. The zero-order valence-corrected chi connectivity index (χ0v) is 12.8. The molecule has 0 saturated carbocycles. The van der Waals surface area contributed by atoms with Gasteiger partial charge in [-0.3, -0.25) is 0 Å². The van der Waals surface area contributed by atoms with E-state index >= 15 is 0 Å². The van der Waals surface area contributed by atoms with E-state index in [1.165, 1.54) is 12.1 Å². The van der Waals surface area contributed by atoms with Crippen LogP contribution in [0.3, 0.4) is 0 Å². The first-order valence-corrected chi connectivity index (χ1v) is 7.04. The number of carbonyl (C=O) groups is 1. The highest BCUT2D eigenvalue weighted by Crippen LogP contribution is 2.21. The number of carboxylic acids is 1. The summed E-state index contributed by atoms with van der Waals surface area (Å²) in [7, 11) is 3.97. The number of hydrogen-bond donors (Lipinski definition) is 1. The largest absolute Gasteiger partial charge is 0.478 e. The van der Waals surface area contributed by atoms with Crippen LogP contribution in [0.1, 0.15) is 18.9 Å². The predicted octanol–water partition coefficient (Wildman–Crippen LogP) is 2.70. The first-order chi connectivity index (χ1) is 9.93. The van der Waals surface area contributed by atoms with E-state index in [-0.39, 0.29) is 5.82 Å². The minimum absolute atomic E-state index is 0.324. The van der Waals surface area contributed by atoms with Crippen molar-refractivity contribution in [2.24, 2.45) is 0 Å². The number of aliphatic carboxylic acids is 1. The summed E-state index contributed by atoms with van der Waals surface area (Å²) in [6.45, 7) is 4.45. The van der Waals surface area contributed by atoms with Crippen LogP contribution in [0, 0.1) is 5.82 Å². The summed E-state index contributed by atoms with van der Waals surface area (Å²) in [4.78, 5) is 14.5. The Labute approximate surface area is 125 Å². The Morgan fingerprint density at radius 2 is 2.00 bits per heavy atom. The molecule has 0 unspecified atom stereocenters. The van der Waals surface area contributed by atoms with Crippen LogP contribution in [0.5, 0.6) is 0 Å². The highest BCUT2D eigenvalue weighted by Gasteiger charge is 2.11. The van der Waals surface area contributed by atoms with Crippen molar-refractivity contribution in [3.05, 3.63) is 35.7 Å². The van der Waals surface area contributed by atoms with E-state index in [0.29, 0.717) is 11.3 Å². The van der Waals surface area contributed by atoms with Crippen LogP contribution in [0.15, 0.2) is 24.3 Å². The average molecular weight is 294 g/mol. The van der Waals surface area contributed by atoms with Crippen LogP contribution in [0.4, 0.5) is 10.1 Å². The van der Waals surface area contributed by atoms with Crippen molar-refractivity contribution in [3.8, 4) is 0 Å². The third-order valence-corrected chi connectivity index (χ3v) is 3.04. The molecule has 4 nitrogen and oxygen atoms in total. The number of likely N-dealkylation sites (N-methyl/N-ethyl adjacent to an activating group) is 1. The molecule has 0 fully saturated rings. The molecule has 5 heteroatoms. The van der Waals surface area contributed by atoms with Gasteiger partial charge in [0.15, 0.2) is 0 Å². The maximum Gasteiger partial charge on any atom is 0.328 e. The number of rotatable bonds is 8. The molecule has 0 saturated heterocycles. The van der Waals surface area contributed by atoms with Crippen molar-refractivity contribution < 1.29 is 14.3 Å². The van der Waals surface area contributed by atoms with Gasteiger partial charge < -0.3 is 14.9 Å². The van der Waals surface area contributed by atoms with Crippen molar-refractivity contribution in [2.45, 2.75) is 13.3 Å². The molecule has 0 aliphatic carbocycles. The van der Waals surface area contributed by atoms with Gasteiger partial charge in [-0.15, -0.1) is 0 Å². The standard InChI is InChI=1S/C16H23FN2O2/c1-4-9-19(11-10-18(2)3)15-7-5-13(12-14(15)17)6-8-16(20)21/h5-8,12H,4,9-11H2,1-3H3,(H,20,21). The van der Waals surface area contributed by atoms with Crippen LogP contribution in [-0.2, 0) is 4.79 Å². The summed E-state index contributed by atoms with van der Waals surface area (Å²) in [6.07, 6.45) is 3.33. The van der Waals surface area contributed by atoms with Gasteiger partial charge in [-0.1, -0.05) is 13.0 Å². The second-order valence-corrected chi connectivity index (χ2v) is 5.17. The van der Waals surface area contributed by atoms with Crippen LogP contribution >= 0.6 is 0 Å². The summed E-state index contributed by atoms with van der Waals surface area (Å²) in [5.74, 6) is -1.37. The van der Waals surface area contributed by atoms with Crippen LogP contribution in [0.2, 0.25) is 0 Å². The topological polar surface area (TPSA) is 43.8 Å². The third kappa shape index (κ3) is 5.95. The zero-order chi connectivity index (χ0) is 15.8. The molecule has 0 spiro atoms. The summed E-state index contributed by atoms with van der Waals surface area (Å²) in [6, 6.07) is 4.81. The van der Waals surface area contributed by atoms with Gasteiger partial charge in [-0.2, -0.15) is 0 Å². The predicted molar refractivity (Wildman–Crippen MR) is 84.1 cm³/mol. The van der Waals surface area contributed by atoms with E-state index in [1.54, 1.807) is 12.1 Å². The molecular weight excluding hydrogens is 271 g/mol. The second-order valence-electron chi connectivity index (χ2n) is 5.17. The fourth-order valence-corrected chi connectivity index (χ4v) is 1.99. The molecule has 1 N–H and O–H groups in total. The summed E-state index contributed by atoms with van der Waals surface area (Å²) in [5, 5.41) is 8.59. The number of hydrogen-bond acceptors (Lipinski definition) is 3. The maximum absolute atomic E-state index is 14.2. The quantitative estimate of drug-likeness (QED) is 0.749. The van der Waals surface area contributed by atoms with Gasteiger partial charge in [0.05, 0.1) is 5.69 Å². The smallest absolute Gasteiger partial charge is 0.328 e. The molecule has 0 bridgehead atoms. The highest BCUT2D eigenvalue weighted by molar-refractivity contribution is 5.85. The Balaban J connectivity index is 2.90. The van der Waals surface area contributed by atoms with Crippen LogP contribution in [-0.4, -0.2) is 49.7 Å². The Morgan fingerprint density at radius 1 is 1.29 bits per heavy atom. The third-order valence-electron chi connectivity index (χ3n) is 3.04.